The van der Waals surface area contributed by atoms with Crippen LogP contribution < -0.4 is 0 Å². The largest absolute Gasteiger partial charge is 0.291 e. The van der Waals surface area contributed by atoms with E-state index >= 15 is 0 Å². The summed E-state index contributed by atoms with van der Waals surface area (Å²) in [6.45, 7) is 0. The molecule has 0 aromatic heterocycles. The van der Waals surface area contributed by atoms with Gasteiger partial charge in [-0.2, -0.15) is 10.2 Å². The molecule has 2 atom stereocenters. The van der Waals surface area contributed by atoms with Gasteiger partial charge >= 0.3 is 0 Å². The third kappa shape index (κ3) is 2.27. The van der Waals surface area contributed by atoms with Crippen molar-refractivity contribution in [1.82, 2.24) is 0 Å². The predicted octanol–water partition coefficient (Wildman–Crippen LogP) is 0.545. The third-order valence-corrected chi connectivity index (χ3v) is 2.23. The van der Waals surface area contributed by atoms with Crippen molar-refractivity contribution in [3.63, 3.8) is 0 Å². The van der Waals surface area contributed by atoms with Crippen molar-refractivity contribution < 1.29 is 9.59 Å². The minimum Gasteiger partial charge on any atom is -0.291 e. The Hall–Kier alpha value is -2.12. The van der Waals surface area contributed by atoms with Gasteiger partial charge in [0, 0.05) is 0 Å². The number of Topliss-reactive ketones (excluding diaryl/α,β-unsaturated/α-hetero) is 2. The second-order valence-electron chi connectivity index (χ2n) is 3.31. The van der Waals surface area contributed by atoms with Crippen LogP contribution in [0.2, 0.25) is 0 Å². The highest BCUT2D eigenvalue weighted by molar-refractivity contribution is 6.30. The standard InChI is InChI=1S/C8H8N6O2/c15-7-3-9-13-11-5(7)1-2-6-8(16)4-10-14-12-6/h3-6H,1-2H2. The number of hydrogen-bond acceptors (Lipinski definition) is 8. The van der Waals surface area contributed by atoms with Crippen molar-refractivity contribution >= 4 is 24.0 Å². The highest BCUT2D eigenvalue weighted by atomic mass is 16.1. The van der Waals surface area contributed by atoms with E-state index in [-0.39, 0.29) is 11.6 Å². The average Bonchev–Trinajstić information content (AvgIpc) is 2.30. The van der Waals surface area contributed by atoms with Gasteiger partial charge in [-0.05, 0) is 23.3 Å². The third-order valence-electron chi connectivity index (χ3n) is 2.23. The Labute approximate surface area is 90.2 Å². The molecule has 2 aliphatic rings. The van der Waals surface area contributed by atoms with Crippen LogP contribution in [0.25, 0.3) is 0 Å². The molecule has 0 aliphatic carbocycles. The van der Waals surface area contributed by atoms with Crippen LogP contribution in [0.4, 0.5) is 0 Å². The quantitative estimate of drug-likeness (QED) is 0.691. The Morgan fingerprint density at radius 3 is 1.69 bits per heavy atom. The lowest BCUT2D eigenvalue weighted by Crippen LogP contribution is -2.26. The van der Waals surface area contributed by atoms with Crippen LogP contribution in [-0.2, 0) is 9.59 Å². The highest BCUT2D eigenvalue weighted by Crippen LogP contribution is 2.13. The molecule has 0 fully saturated rings. The van der Waals surface area contributed by atoms with Crippen LogP contribution in [0.1, 0.15) is 12.8 Å². The molecule has 2 rings (SSSR count). The fourth-order valence-electron chi connectivity index (χ4n) is 1.35. The predicted molar refractivity (Wildman–Crippen MR) is 53.5 cm³/mol. The van der Waals surface area contributed by atoms with E-state index in [1.165, 1.54) is 0 Å². The summed E-state index contributed by atoms with van der Waals surface area (Å²) in [5.74, 6) is -0.410. The zero-order valence-electron chi connectivity index (χ0n) is 8.22. The first-order valence-electron chi connectivity index (χ1n) is 4.71. The van der Waals surface area contributed by atoms with Gasteiger partial charge in [-0.3, -0.25) is 9.59 Å². The maximum atomic E-state index is 11.3. The molecule has 0 aromatic carbocycles. The number of rotatable bonds is 3. The fourth-order valence-corrected chi connectivity index (χ4v) is 1.35. The van der Waals surface area contributed by atoms with E-state index in [2.05, 4.69) is 30.9 Å². The Bertz CT molecular complexity index is 384. The van der Waals surface area contributed by atoms with E-state index in [4.69, 9.17) is 0 Å². The van der Waals surface area contributed by atoms with Crippen LogP contribution in [0.5, 0.6) is 0 Å². The topological polar surface area (TPSA) is 108 Å². The Morgan fingerprint density at radius 2 is 1.31 bits per heavy atom. The van der Waals surface area contributed by atoms with Crippen molar-refractivity contribution in [1.29, 1.82) is 0 Å². The summed E-state index contributed by atoms with van der Waals surface area (Å²) in [7, 11) is 0. The molecule has 0 spiro atoms. The molecule has 82 valence electrons. The Morgan fingerprint density at radius 1 is 0.875 bits per heavy atom. The molecular weight excluding hydrogens is 212 g/mol. The average molecular weight is 220 g/mol. The van der Waals surface area contributed by atoms with Gasteiger partial charge in [-0.25, -0.2) is 0 Å². The maximum absolute atomic E-state index is 11.3. The van der Waals surface area contributed by atoms with E-state index in [0.29, 0.717) is 12.8 Å². The number of nitrogens with zero attached hydrogens (tertiary/aromatic N) is 6. The van der Waals surface area contributed by atoms with E-state index in [9.17, 15) is 9.59 Å². The van der Waals surface area contributed by atoms with Gasteiger partial charge in [0.2, 0.25) is 11.6 Å². The van der Waals surface area contributed by atoms with Crippen LogP contribution in [0.3, 0.4) is 0 Å². The van der Waals surface area contributed by atoms with Crippen molar-refractivity contribution in [3.05, 3.63) is 0 Å². The van der Waals surface area contributed by atoms with Gasteiger partial charge in [-0.1, -0.05) is 0 Å². The zero-order valence-corrected chi connectivity index (χ0v) is 8.22. The molecule has 0 amide bonds. The van der Waals surface area contributed by atoms with Gasteiger partial charge in [-0.15, -0.1) is 10.2 Å². The molecule has 0 bridgehead atoms. The molecule has 2 aliphatic heterocycles. The van der Waals surface area contributed by atoms with E-state index in [0.717, 1.165) is 12.4 Å². The van der Waals surface area contributed by atoms with Gasteiger partial charge < -0.3 is 0 Å². The molecule has 16 heavy (non-hydrogen) atoms. The van der Waals surface area contributed by atoms with E-state index in [1.54, 1.807) is 0 Å². The first-order chi connectivity index (χ1) is 7.77. The molecule has 8 heteroatoms. The summed E-state index contributed by atoms with van der Waals surface area (Å²) in [5, 5.41) is 20.9. The van der Waals surface area contributed by atoms with E-state index < -0.39 is 12.1 Å². The van der Waals surface area contributed by atoms with Crippen LogP contribution in [0.15, 0.2) is 30.9 Å². The summed E-state index contributed by atoms with van der Waals surface area (Å²) in [6, 6.07) is -1.11. The van der Waals surface area contributed by atoms with Gasteiger partial charge in [0.1, 0.15) is 12.1 Å². The number of hydrogen-bond donors (Lipinski definition) is 0. The summed E-state index contributed by atoms with van der Waals surface area (Å²) in [5.41, 5.74) is 0. The summed E-state index contributed by atoms with van der Waals surface area (Å²) in [4.78, 5) is 22.6. The molecule has 0 aromatic rings. The van der Waals surface area contributed by atoms with Crippen molar-refractivity contribution in [2.24, 2.45) is 30.9 Å². The molecule has 0 radical (unpaired) electrons. The smallest absolute Gasteiger partial charge is 0.202 e. The van der Waals surface area contributed by atoms with Gasteiger partial charge in [0.05, 0.1) is 12.4 Å². The minimum atomic E-state index is -0.556. The minimum absolute atomic E-state index is 0.205. The lowest BCUT2D eigenvalue weighted by atomic mass is 10.0. The molecule has 2 heterocycles. The lowest BCUT2D eigenvalue weighted by Gasteiger charge is -2.12. The van der Waals surface area contributed by atoms with Gasteiger partial charge in [0.25, 0.3) is 0 Å². The normalized spacial score (nSPS) is 27.8. The van der Waals surface area contributed by atoms with Crippen molar-refractivity contribution in [2.45, 2.75) is 24.9 Å². The highest BCUT2D eigenvalue weighted by Gasteiger charge is 2.24. The molecule has 2 unspecified atom stereocenters. The Balaban J connectivity index is 1.88. The maximum Gasteiger partial charge on any atom is 0.202 e. The molecular formula is C8H8N6O2. The van der Waals surface area contributed by atoms with Crippen molar-refractivity contribution in [2.75, 3.05) is 0 Å². The first kappa shape index (κ1) is 10.4. The van der Waals surface area contributed by atoms with Gasteiger partial charge in [0.15, 0.2) is 0 Å². The van der Waals surface area contributed by atoms with Crippen LogP contribution in [-0.4, -0.2) is 36.1 Å². The molecule has 0 saturated heterocycles. The Kier molecular flexibility index (Phi) is 2.99. The number of ketones is 2. The molecule has 0 saturated carbocycles. The lowest BCUT2D eigenvalue weighted by molar-refractivity contribution is -0.116. The molecule has 0 N–H and O–H groups in total. The number of carbonyl (C=O) groups is 2. The van der Waals surface area contributed by atoms with Crippen LogP contribution in [0, 0.1) is 0 Å². The second kappa shape index (κ2) is 4.60. The number of carbonyl (C=O) groups excluding carboxylic acids is 2. The monoisotopic (exact) mass is 220 g/mol. The first-order valence-corrected chi connectivity index (χ1v) is 4.71. The summed E-state index contributed by atoms with van der Waals surface area (Å²) in [6.07, 6.45) is 3.06. The second-order valence-corrected chi connectivity index (χ2v) is 3.31. The zero-order chi connectivity index (χ0) is 11.4. The van der Waals surface area contributed by atoms with E-state index in [1.807, 2.05) is 0 Å². The fraction of sp³-hybridized carbons (Fsp3) is 0.500. The molecule has 8 nitrogen and oxygen atoms in total. The summed E-state index contributed by atoms with van der Waals surface area (Å²) < 4.78 is 0. The van der Waals surface area contributed by atoms with Crippen LogP contribution >= 0.6 is 0 Å². The van der Waals surface area contributed by atoms with Crippen molar-refractivity contribution in [3.8, 4) is 0 Å². The summed E-state index contributed by atoms with van der Waals surface area (Å²) >= 11 is 0. The SMILES string of the molecule is O=C1C=NN=NC1CCC1N=NN=CC1=O.